The summed E-state index contributed by atoms with van der Waals surface area (Å²) in [5.41, 5.74) is 1.29. The highest BCUT2D eigenvalue weighted by Crippen LogP contribution is 2.36. The van der Waals surface area contributed by atoms with Crippen LogP contribution in [0.5, 0.6) is 5.75 Å². The van der Waals surface area contributed by atoms with Crippen LogP contribution in [0.2, 0.25) is 0 Å². The maximum absolute atomic E-state index is 9.71. The maximum Gasteiger partial charge on any atom is 0.129 e. The molecule has 1 aromatic rings. The average molecular weight is 209 g/mol. The second kappa shape index (κ2) is 4.24. The summed E-state index contributed by atoms with van der Waals surface area (Å²) >= 11 is 1.63. The fourth-order valence-electron chi connectivity index (χ4n) is 2.01. The summed E-state index contributed by atoms with van der Waals surface area (Å²) in [6.07, 6.45) is 3.19. The molecule has 2 nitrogen and oxygen atoms in total. The molecule has 1 aliphatic heterocycles. The Hall–Kier alpha value is -0.670. The van der Waals surface area contributed by atoms with Gasteiger partial charge in [-0.2, -0.15) is 0 Å². The zero-order valence-electron chi connectivity index (χ0n) is 8.29. The molecule has 1 fully saturated rings. The molecule has 3 heteroatoms. The molecule has 0 radical (unpaired) electrons. The number of thioether (sulfide) groups is 1. The van der Waals surface area contributed by atoms with Gasteiger partial charge in [-0.15, -0.1) is 11.8 Å². The van der Waals surface area contributed by atoms with Crippen LogP contribution in [0.15, 0.2) is 23.1 Å². The van der Waals surface area contributed by atoms with Gasteiger partial charge in [0.05, 0.1) is 4.90 Å². The molecule has 2 rings (SSSR count). The average Bonchev–Trinajstić information content (AvgIpc) is 2.70. The molecule has 0 aliphatic carbocycles. The van der Waals surface area contributed by atoms with Gasteiger partial charge in [0.25, 0.3) is 0 Å². The lowest BCUT2D eigenvalue weighted by Crippen LogP contribution is -2.08. The first-order chi connectivity index (χ1) is 6.83. The van der Waals surface area contributed by atoms with E-state index in [1.807, 2.05) is 12.3 Å². The number of phenols is 1. The first-order valence-electron chi connectivity index (χ1n) is 4.89. The second-order valence-electron chi connectivity index (χ2n) is 3.59. The summed E-state index contributed by atoms with van der Waals surface area (Å²) in [7, 11) is 0. The summed E-state index contributed by atoms with van der Waals surface area (Å²) < 4.78 is 0. The van der Waals surface area contributed by atoms with E-state index in [9.17, 15) is 5.11 Å². The lowest BCUT2D eigenvalue weighted by atomic mass is 9.98. The third-order valence-corrected chi connectivity index (χ3v) is 3.58. The van der Waals surface area contributed by atoms with Gasteiger partial charge in [-0.3, -0.25) is 0 Å². The standard InChI is InChI=1S/C11H15NOS/c1-14-11-9(3-2-4-10(11)13)8-5-6-12-7-8/h2-4,8,12-13H,5-7H2,1H3. The van der Waals surface area contributed by atoms with Crippen molar-refractivity contribution in [3.05, 3.63) is 23.8 Å². The lowest BCUT2D eigenvalue weighted by Gasteiger charge is -2.14. The molecule has 1 unspecified atom stereocenters. The SMILES string of the molecule is CSc1c(O)cccc1C1CCNC1. The Morgan fingerprint density at radius 3 is 3.00 bits per heavy atom. The molecule has 0 saturated carbocycles. The Balaban J connectivity index is 2.35. The van der Waals surface area contributed by atoms with E-state index in [1.54, 1.807) is 17.8 Å². The Labute approximate surface area is 88.7 Å². The minimum atomic E-state index is 0.418. The maximum atomic E-state index is 9.71. The van der Waals surface area contributed by atoms with Crippen molar-refractivity contribution < 1.29 is 5.11 Å². The molecule has 0 aromatic heterocycles. The minimum absolute atomic E-state index is 0.418. The second-order valence-corrected chi connectivity index (χ2v) is 4.41. The normalized spacial score (nSPS) is 21.4. The molecule has 14 heavy (non-hydrogen) atoms. The third-order valence-electron chi connectivity index (χ3n) is 2.73. The largest absolute Gasteiger partial charge is 0.507 e. The van der Waals surface area contributed by atoms with Crippen LogP contribution in [0.4, 0.5) is 0 Å². The van der Waals surface area contributed by atoms with Crippen LogP contribution in [-0.2, 0) is 0 Å². The zero-order valence-corrected chi connectivity index (χ0v) is 9.10. The molecular formula is C11H15NOS. The van der Waals surface area contributed by atoms with Crippen molar-refractivity contribution in [2.75, 3.05) is 19.3 Å². The predicted octanol–water partition coefficient (Wildman–Crippen LogP) is 2.19. The van der Waals surface area contributed by atoms with E-state index < -0.39 is 0 Å². The van der Waals surface area contributed by atoms with E-state index in [1.165, 1.54) is 12.0 Å². The van der Waals surface area contributed by atoms with Crippen molar-refractivity contribution in [3.63, 3.8) is 0 Å². The van der Waals surface area contributed by atoms with Gasteiger partial charge in [0.15, 0.2) is 0 Å². The fraction of sp³-hybridized carbons (Fsp3) is 0.455. The van der Waals surface area contributed by atoms with Gasteiger partial charge in [-0.25, -0.2) is 0 Å². The van der Waals surface area contributed by atoms with Crippen molar-refractivity contribution in [1.82, 2.24) is 5.32 Å². The first kappa shape index (κ1) is 9.87. The number of hydrogen-bond acceptors (Lipinski definition) is 3. The van der Waals surface area contributed by atoms with Crippen LogP contribution >= 0.6 is 11.8 Å². The number of phenolic OH excluding ortho intramolecular Hbond substituents is 1. The van der Waals surface area contributed by atoms with Gasteiger partial charge in [0.2, 0.25) is 0 Å². The van der Waals surface area contributed by atoms with Gasteiger partial charge in [-0.05, 0) is 36.8 Å². The molecule has 1 aromatic carbocycles. The lowest BCUT2D eigenvalue weighted by molar-refractivity contribution is 0.459. The number of hydrogen-bond donors (Lipinski definition) is 2. The van der Waals surface area contributed by atoms with E-state index in [4.69, 9.17) is 0 Å². The minimum Gasteiger partial charge on any atom is -0.507 e. The van der Waals surface area contributed by atoms with Crippen molar-refractivity contribution >= 4 is 11.8 Å². The summed E-state index contributed by atoms with van der Waals surface area (Å²) in [4.78, 5) is 1.04. The quantitative estimate of drug-likeness (QED) is 0.732. The summed E-state index contributed by atoms with van der Waals surface area (Å²) in [5.74, 6) is 0.992. The number of benzene rings is 1. The monoisotopic (exact) mass is 209 g/mol. The number of aromatic hydroxyl groups is 1. The van der Waals surface area contributed by atoms with Gasteiger partial charge in [0.1, 0.15) is 5.75 Å². The molecular weight excluding hydrogens is 194 g/mol. The molecule has 1 heterocycles. The number of rotatable bonds is 2. The Morgan fingerprint density at radius 2 is 2.36 bits per heavy atom. The number of nitrogens with one attached hydrogen (secondary N) is 1. The van der Waals surface area contributed by atoms with E-state index in [0.29, 0.717) is 11.7 Å². The first-order valence-corrected chi connectivity index (χ1v) is 6.12. The van der Waals surface area contributed by atoms with Crippen molar-refractivity contribution in [2.24, 2.45) is 0 Å². The molecule has 1 aliphatic rings. The van der Waals surface area contributed by atoms with Crippen molar-refractivity contribution in [2.45, 2.75) is 17.2 Å². The van der Waals surface area contributed by atoms with E-state index in [2.05, 4.69) is 11.4 Å². The van der Waals surface area contributed by atoms with Gasteiger partial charge < -0.3 is 10.4 Å². The molecule has 76 valence electrons. The van der Waals surface area contributed by atoms with Crippen LogP contribution in [-0.4, -0.2) is 24.5 Å². The topological polar surface area (TPSA) is 32.3 Å². The van der Waals surface area contributed by atoms with Crippen LogP contribution in [0, 0.1) is 0 Å². The van der Waals surface area contributed by atoms with Crippen LogP contribution < -0.4 is 5.32 Å². The van der Waals surface area contributed by atoms with Gasteiger partial charge in [-0.1, -0.05) is 12.1 Å². The summed E-state index contributed by atoms with van der Waals surface area (Å²) in [5, 5.41) is 13.1. The van der Waals surface area contributed by atoms with E-state index in [-0.39, 0.29) is 0 Å². The zero-order chi connectivity index (χ0) is 9.97. The highest BCUT2D eigenvalue weighted by molar-refractivity contribution is 7.98. The van der Waals surface area contributed by atoms with Gasteiger partial charge >= 0.3 is 0 Å². The highest BCUT2D eigenvalue weighted by Gasteiger charge is 2.20. The Kier molecular flexibility index (Phi) is 2.99. The van der Waals surface area contributed by atoms with Crippen molar-refractivity contribution in [1.29, 1.82) is 0 Å². The smallest absolute Gasteiger partial charge is 0.129 e. The highest BCUT2D eigenvalue weighted by atomic mass is 32.2. The van der Waals surface area contributed by atoms with Gasteiger partial charge in [0, 0.05) is 6.54 Å². The molecule has 0 bridgehead atoms. The van der Waals surface area contributed by atoms with Crippen LogP contribution in [0.3, 0.4) is 0 Å². The van der Waals surface area contributed by atoms with E-state index in [0.717, 1.165) is 18.0 Å². The van der Waals surface area contributed by atoms with E-state index >= 15 is 0 Å². The summed E-state index contributed by atoms with van der Waals surface area (Å²) in [6.45, 7) is 2.13. The molecule has 1 saturated heterocycles. The van der Waals surface area contributed by atoms with Crippen LogP contribution in [0.1, 0.15) is 17.9 Å². The molecule has 1 atom stereocenters. The molecule has 0 amide bonds. The van der Waals surface area contributed by atoms with Crippen LogP contribution in [0.25, 0.3) is 0 Å². The molecule has 0 spiro atoms. The summed E-state index contributed by atoms with van der Waals surface area (Å²) in [6, 6.07) is 5.82. The third kappa shape index (κ3) is 1.74. The Bertz CT molecular complexity index is 321. The Morgan fingerprint density at radius 1 is 1.50 bits per heavy atom. The predicted molar refractivity (Wildman–Crippen MR) is 60.1 cm³/mol. The fourth-order valence-corrected chi connectivity index (χ4v) is 2.75. The van der Waals surface area contributed by atoms with Crippen molar-refractivity contribution in [3.8, 4) is 5.75 Å². The molecule has 2 N–H and O–H groups in total.